The zero-order chi connectivity index (χ0) is 28.6. The van der Waals surface area contributed by atoms with Crippen molar-refractivity contribution in [2.45, 2.75) is 6.92 Å². The van der Waals surface area contributed by atoms with Gasteiger partial charge in [0, 0.05) is 76.6 Å². The normalized spacial score (nSPS) is 15.8. The minimum Gasteiger partial charge on any atom is -0.440 e. The molecule has 2 aliphatic rings. The Kier molecular flexibility index (Phi) is 11.8. The maximum Gasteiger partial charge on any atom is 0.238 e. The summed E-state index contributed by atoms with van der Waals surface area (Å²) in [5.74, 6) is 0.565. The van der Waals surface area contributed by atoms with Crippen LogP contribution in [0.3, 0.4) is 0 Å². The van der Waals surface area contributed by atoms with Gasteiger partial charge in [-0.1, -0.05) is 43.3 Å². The SMILES string of the molecule is CCN1CCN(CC(=O)Nc2ccc(-c3cccc4c(=O)cc(N5CCOCC5)oc34)c3sc4ccccc4c23)CC1.Cl.Cl.Cl. The number of fused-ring (bicyclic) bond motifs is 4. The first-order valence-electron chi connectivity index (χ1n) is 14.7. The van der Waals surface area contributed by atoms with Gasteiger partial charge in [-0.2, -0.15) is 0 Å². The zero-order valence-electron chi connectivity index (χ0n) is 25.0. The minimum absolute atomic E-state index is 0. The summed E-state index contributed by atoms with van der Waals surface area (Å²) in [6.45, 7) is 9.95. The molecule has 1 amide bonds. The predicted octanol–water partition coefficient (Wildman–Crippen LogP) is 6.51. The quantitative estimate of drug-likeness (QED) is 0.218. The molecule has 2 aromatic heterocycles. The van der Waals surface area contributed by atoms with E-state index in [1.54, 1.807) is 17.4 Å². The van der Waals surface area contributed by atoms with Gasteiger partial charge in [-0.3, -0.25) is 14.5 Å². The van der Waals surface area contributed by atoms with Gasteiger partial charge in [0.2, 0.25) is 5.91 Å². The van der Waals surface area contributed by atoms with Crippen LogP contribution in [0, 0.1) is 0 Å². The van der Waals surface area contributed by atoms with Crippen molar-refractivity contribution in [3.8, 4) is 11.1 Å². The lowest BCUT2D eigenvalue weighted by Crippen LogP contribution is -2.48. The number of thiophene rings is 1. The van der Waals surface area contributed by atoms with Crippen LogP contribution in [-0.2, 0) is 9.53 Å². The van der Waals surface area contributed by atoms with E-state index < -0.39 is 0 Å². The van der Waals surface area contributed by atoms with Crippen LogP contribution in [0.25, 0.3) is 42.3 Å². The molecule has 0 aliphatic carbocycles. The van der Waals surface area contributed by atoms with Gasteiger partial charge in [0.25, 0.3) is 0 Å². The van der Waals surface area contributed by atoms with Gasteiger partial charge in [-0.25, -0.2) is 0 Å². The lowest BCUT2D eigenvalue weighted by atomic mass is 9.99. The van der Waals surface area contributed by atoms with Gasteiger partial charge in [-0.05, 0) is 24.7 Å². The van der Waals surface area contributed by atoms with E-state index in [1.165, 1.54) is 0 Å². The smallest absolute Gasteiger partial charge is 0.238 e. The standard InChI is InChI=1S/C33H34N4O4S.3ClH/c1-2-35-12-14-36(15-13-35)21-29(39)34-26-11-10-23(33-31(26)25-6-3-4-9-28(25)42-33)22-7-5-8-24-27(38)20-30(41-32(22)24)37-16-18-40-19-17-37;;;/h3-11,20H,2,12-19,21H2,1H3,(H,34,39);3*1H. The third-order valence-corrected chi connectivity index (χ3v) is 9.64. The van der Waals surface area contributed by atoms with Crippen LogP contribution in [0.1, 0.15) is 6.92 Å². The van der Waals surface area contributed by atoms with Gasteiger partial charge < -0.3 is 24.3 Å². The molecule has 4 heterocycles. The number of hydrogen-bond donors (Lipinski definition) is 1. The van der Waals surface area contributed by atoms with Crippen LogP contribution in [0.15, 0.2) is 69.9 Å². The molecule has 0 radical (unpaired) electrons. The number of nitrogens with zero attached hydrogens (tertiary/aromatic N) is 3. The van der Waals surface area contributed by atoms with Gasteiger partial charge in [0.15, 0.2) is 11.3 Å². The molecular formula is C33H37Cl3N4O4S. The Morgan fingerprint density at radius 2 is 1.56 bits per heavy atom. The molecule has 45 heavy (non-hydrogen) atoms. The Balaban J connectivity index is 0.00000154. The molecule has 5 aromatic rings. The number of likely N-dealkylation sites (N-methyl/N-ethyl adjacent to an activating group) is 1. The van der Waals surface area contributed by atoms with Gasteiger partial charge in [0.05, 0.1) is 30.8 Å². The number of benzene rings is 3. The highest BCUT2D eigenvalue weighted by atomic mass is 35.5. The summed E-state index contributed by atoms with van der Waals surface area (Å²) in [6.07, 6.45) is 0. The van der Waals surface area contributed by atoms with E-state index in [2.05, 4.69) is 39.1 Å². The van der Waals surface area contributed by atoms with Gasteiger partial charge >= 0.3 is 0 Å². The van der Waals surface area contributed by atoms with E-state index in [0.29, 0.717) is 49.7 Å². The largest absolute Gasteiger partial charge is 0.440 e. The van der Waals surface area contributed by atoms with Crippen molar-refractivity contribution in [1.82, 2.24) is 9.80 Å². The molecule has 0 saturated carbocycles. The van der Waals surface area contributed by atoms with E-state index in [-0.39, 0.29) is 48.6 Å². The molecule has 8 nitrogen and oxygen atoms in total. The second-order valence-electron chi connectivity index (χ2n) is 11.0. The van der Waals surface area contributed by atoms with Gasteiger partial charge in [-0.15, -0.1) is 48.6 Å². The Morgan fingerprint density at radius 3 is 2.31 bits per heavy atom. The number of ether oxygens (including phenoxy) is 1. The lowest BCUT2D eigenvalue weighted by molar-refractivity contribution is -0.117. The fourth-order valence-electron chi connectivity index (χ4n) is 6.12. The molecule has 1 N–H and O–H groups in total. The Hall–Kier alpha value is -2.89. The number of carbonyl (C=O) groups is 1. The molecule has 0 atom stereocenters. The first-order valence-corrected chi connectivity index (χ1v) is 15.5. The average Bonchev–Trinajstić information content (AvgIpc) is 3.42. The molecule has 0 spiro atoms. The van der Waals surface area contributed by atoms with Crippen molar-refractivity contribution in [1.29, 1.82) is 0 Å². The summed E-state index contributed by atoms with van der Waals surface area (Å²) >= 11 is 1.69. The zero-order valence-corrected chi connectivity index (χ0v) is 28.2. The van der Waals surface area contributed by atoms with Crippen molar-refractivity contribution < 1.29 is 13.9 Å². The van der Waals surface area contributed by atoms with E-state index >= 15 is 0 Å². The fourth-order valence-corrected chi connectivity index (χ4v) is 7.37. The molecule has 0 unspecified atom stereocenters. The molecule has 3 aromatic carbocycles. The van der Waals surface area contributed by atoms with Crippen LogP contribution in [0.4, 0.5) is 11.6 Å². The Labute approximate surface area is 284 Å². The molecule has 240 valence electrons. The highest BCUT2D eigenvalue weighted by molar-refractivity contribution is 7.26. The number of nitrogens with one attached hydrogen (secondary N) is 1. The summed E-state index contributed by atoms with van der Waals surface area (Å²) in [4.78, 5) is 33.2. The van der Waals surface area contributed by atoms with Crippen LogP contribution in [0.2, 0.25) is 0 Å². The Bertz CT molecular complexity index is 1850. The van der Waals surface area contributed by atoms with Crippen molar-refractivity contribution >= 4 is 97.2 Å². The second-order valence-corrected chi connectivity index (χ2v) is 12.0. The molecule has 0 bridgehead atoms. The molecule has 7 rings (SSSR count). The summed E-state index contributed by atoms with van der Waals surface area (Å²) in [7, 11) is 0. The number of amides is 1. The molecule has 2 saturated heterocycles. The molecule has 2 aliphatic heterocycles. The first kappa shape index (κ1) is 35.0. The third-order valence-electron chi connectivity index (χ3n) is 8.43. The number of piperazine rings is 1. The highest BCUT2D eigenvalue weighted by Crippen LogP contribution is 2.45. The molecule has 12 heteroatoms. The lowest BCUT2D eigenvalue weighted by Gasteiger charge is -2.33. The first-order chi connectivity index (χ1) is 20.6. The van der Waals surface area contributed by atoms with Crippen LogP contribution < -0.4 is 15.6 Å². The number of rotatable bonds is 6. The number of halogens is 3. The fraction of sp³-hybridized carbons (Fsp3) is 0.333. The van der Waals surface area contributed by atoms with Crippen LogP contribution >= 0.6 is 48.6 Å². The Morgan fingerprint density at radius 1 is 0.844 bits per heavy atom. The summed E-state index contributed by atoms with van der Waals surface area (Å²) in [5.41, 5.74) is 3.17. The number of para-hydroxylation sites is 1. The van der Waals surface area contributed by atoms with E-state index in [4.69, 9.17) is 9.15 Å². The van der Waals surface area contributed by atoms with Crippen molar-refractivity contribution in [2.75, 3.05) is 75.8 Å². The van der Waals surface area contributed by atoms with Crippen molar-refractivity contribution in [3.63, 3.8) is 0 Å². The average molecular weight is 692 g/mol. The van der Waals surface area contributed by atoms with Crippen molar-refractivity contribution in [3.05, 3.63) is 70.9 Å². The minimum atomic E-state index is -0.0594. The monoisotopic (exact) mass is 690 g/mol. The van der Waals surface area contributed by atoms with Crippen LogP contribution in [0.5, 0.6) is 0 Å². The van der Waals surface area contributed by atoms with E-state index in [0.717, 1.165) is 69.7 Å². The van der Waals surface area contributed by atoms with E-state index in [1.807, 2.05) is 42.5 Å². The topological polar surface area (TPSA) is 78.3 Å². The second kappa shape index (κ2) is 15.1. The van der Waals surface area contributed by atoms with Crippen molar-refractivity contribution in [2.24, 2.45) is 0 Å². The maximum atomic E-state index is 13.3. The summed E-state index contributed by atoms with van der Waals surface area (Å²) in [5, 5.41) is 5.90. The summed E-state index contributed by atoms with van der Waals surface area (Å²) in [6, 6.07) is 19.7. The predicted molar refractivity (Wildman–Crippen MR) is 193 cm³/mol. The maximum absolute atomic E-state index is 13.3. The number of hydrogen-bond acceptors (Lipinski definition) is 8. The molecule has 2 fully saturated rings. The highest BCUT2D eigenvalue weighted by Gasteiger charge is 2.22. The number of morpholine rings is 1. The van der Waals surface area contributed by atoms with Crippen LogP contribution in [-0.4, -0.2) is 81.3 Å². The number of anilines is 2. The number of carbonyl (C=O) groups excluding carboxylic acids is 1. The molecular weight excluding hydrogens is 655 g/mol. The van der Waals surface area contributed by atoms with Gasteiger partial charge in [0.1, 0.15) is 5.58 Å². The third kappa shape index (κ3) is 6.95. The van der Waals surface area contributed by atoms with E-state index in [9.17, 15) is 9.59 Å². The summed E-state index contributed by atoms with van der Waals surface area (Å²) < 4.78 is 14.2.